The molecule has 1 rings (SSSR count). The van der Waals surface area contributed by atoms with Crippen molar-refractivity contribution in [2.45, 2.75) is 45.2 Å². The Hall–Kier alpha value is -0.470. The molecule has 0 amide bonds. The van der Waals surface area contributed by atoms with Crippen molar-refractivity contribution < 1.29 is 18.3 Å². The monoisotopic (exact) mass is 321 g/mol. The molecule has 20 heavy (non-hydrogen) atoms. The van der Waals surface area contributed by atoms with E-state index in [9.17, 15) is 13.5 Å². The highest BCUT2D eigenvalue weighted by Gasteiger charge is 2.27. The van der Waals surface area contributed by atoms with Crippen LogP contribution in [0.25, 0.3) is 0 Å². The van der Waals surface area contributed by atoms with Crippen LogP contribution in [0, 0.1) is 12.8 Å². The minimum atomic E-state index is -3.64. The molecular formula is C13H23NO4S2. The third-order valence-corrected chi connectivity index (χ3v) is 5.95. The summed E-state index contributed by atoms with van der Waals surface area (Å²) in [7, 11) is -3.64. The molecule has 1 unspecified atom stereocenters. The fourth-order valence-corrected chi connectivity index (χ4v) is 4.85. The van der Waals surface area contributed by atoms with Crippen LogP contribution in [0.3, 0.4) is 0 Å². The van der Waals surface area contributed by atoms with Gasteiger partial charge in [-0.25, -0.2) is 13.1 Å². The first-order valence-electron chi connectivity index (χ1n) is 6.61. The van der Waals surface area contributed by atoms with Crippen molar-refractivity contribution in [3.63, 3.8) is 0 Å². The Morgan fingerprint density at radius 1 is 1.45 bits per heavy atom. The molecule has 1 heterocycles. The predicted octanol–water partition coefficient (Wildman–Crippen LogP) is 1.89. The molecule has 1 aromatic rings. The Kier molecular flexibility index (Phi) is 6.60. The molecule has 0 aliphatic rings. The summed E-state index contributed by atoms with van der Waals surface area (Å²) in [6.07, 6.45) is 0. The number of aliphatic hydroxyl groups is 1. The zero-order chi connectivity index (χ0) is 15.3. The summed E-state index contributed by atoms with van der Waals surface area (Å²) in [5.74, 6) is 0.118. The van der Waals surface area contributed by atoms with E-state index in [1.165, 1.54) is 11.3 Å². The maximum absolute atomic E-state index is 12.5. The maximum Gasteiger partial charge on any atom is 0.242 e. The van der Waals surface area contributed by atoms with Gasteiger partial charge in [-0.2, -0.15) is 0 Å². The van der Waals surface area contributed by atoms with Gasteiger partial charge in [0.2, 0.25) is 10.0 Å². The van der Waals surface area contributed by atoms with Gasteiger partial charge >= 0.3 is 0 Å². The van der Waals surface area contributed by atoms with Crippen molar-refractivity contribution in [3.05, 3.63) is 15.8 Å². The van der Waals surface area contributed by atoms with Crippen molar-refractivity contribution in [1.29, 1.82) is 0 Å². The molecule has 5 nitrogen and oxygen atoms in total. The Morgan fingerprint density at radius 2 is 2.10 bits per heavy atom. The van der Waals surface area contributed by atoms with E-state index in [0.29, 0.717) is 23.7 Å². The first-order valence-corrected chi connectivity index (χ1v) is 8.97. The maximum atomic E-state index is 12.5. The Labute approximate surface area is 125 Å². The summed E-state index contributed by atoms with van der Waals surface area (Å²) in [4.78, 5) is 0.668. The molecule has 0 fully saturated rings. The van der Waals surface area contributed by atoms with Gasteiger partial charge in [0, 0.05) is 12.6 Å². The van der Waals surface area contributed by atoms with E-state index in [4.69, 9.17) is 4.74 Å². The summed E-state index contributed by atoms with van der Waals surface area (Å²) < 4.78 is 33.0. The smallest absolute Gasteiger partial charge is 0.242 e. The van der Waals surface area contributed by atoms with Crippen LogP contribution in [0.1, 0.15) is 31.2 Å². The second-order valence-electron chi connectivity index (χ2n) is 4.96. The molecule has 0 aliphatic carbocycles. The van der Waals surface area contributed by atoms with Gasteiger partial charge in [-0.15, -0.1) is 11.3 Å². The van der Waals surface area contributed by atoms with E-state index in [-0.39, 0.29) is 23.5 Å². The third-order valence-electron chi connectivity index (χ3n) is 3.01. The Balaban J connectivity index is 3.00. The van der Waals surface area contributed by atoms with Crippen molar-refractivity contribution in [1.82, 2.24) is 4.72 Å². The zero-order valence-electron chi connectivity index (χ0n) is 12.3. The van der Waals surface area contributed by atoms with E-state index in [0.717, 1.165) is 0 Å². The lowest BCUT2D eigenvalue weighted by atomic mass is 10.1. The van der Waals surface area contributed by atoms with Crippen LogP contribution >= 0.6 is 11.3 Å². The zero-order valence-corrected chi connectivity index (χ0v) is 14.0. The second-order valence-corrected chi connectivity index (χ2v) is 7.58. The lowest BCUT2D eigenvalue weighted by Crippen LogP contribution is -2.42. The average molecular weight is 321 g/mol. The van der Waals surface area contributed by atoms with Crippen LogP contribution in [0.15, 0.2) is 10.3 Å². The minimum absolute atomic E-state index is 0.118. The molecule has 0 saturated heterocycles. The summed E-state index contributed by atoms with van der Waals surface area (Å²) in [6, 6.07) is -0.286. The number of hydrogen-bond donors (Lipinski definition) is 2. The van der Waals surface area contributed by atoms with Gasteiger partial charge < -0.3 is 9.84 Å². The largest absolute Gasteiger partial charge is 0.391 e. The molecule has 0 aliphatic heterocycles. The number of hydrogen-bond acceptors (Lipinski definition) is 5. The Morgan fingerprint density at radius 3 is 2.60 bits per heavy atom. The SMILES string of the molecule is CCOCC(NS(=O)(=O)c1c(C)csc1CO)C(C)C. The normalized spacial score (nSPS) is 13.9. The predicted molar refractivity (Wildman–Crippen MR) is 80.4 cm³/mol. The molecular weight excluding hydrogens is 298 g/mol. The van der Waals surface area contributed by atoms with E-state index in [1.807, 2.05) is 20.8 Å². The van der Waals surface area contributed by atoms with Gasteiger partial charge in [-0.05, 0) is 30.7 Å². The van der Waals surface area contributed by atoms with Gasteiger partial charge in [0.15, 0.2) is 0 Å². The number of thiophene rings is 1. The molecule has 7 heteroatoms. The van der Waals surface area contributed by atoms with Gasteiger partial charge in [0.25, 0.3) is 0 Å². The third kappa shape index (κ3) is 4.26. The van der Waals surface area contributed by atoms with Crippen molar-refractivity contribution in [2.75, 3.05) is 13.2 Å². The highest BCUT2D eigenvalue weighted by molar-refractivity contribution is 7.89. The van der Waals surface area contributed by atoms with Gasteiger partial charge in [0.1, 0.15) is 4.90 Å². The minimum Gasteiger partial charge on any atom is -0.391 e. The van der Waals surface area contributed by atoms with Crippen LogP contribution in [-0.4, -0.2) is 32.8 Å². The first kappa shape index (κ1) is 17.6. The standard InChI is InChI=1S/C13H23NO4S2/c1-5-18-7-11(9(2)3)14-20(16,17)13-10(4)8-19-12(13)6-15/h8-9,11,14-15H,5-7H2,1-4H3. The van der Waals surface area contributed by atoms with Crippen molar-refractivity contribution >= 4 is 21.4 Å². The number of aliphatic hydroxyl groups excluding tert-OH is 1. The highest BCUT2D eigenvalue weighted by Crippen LogP contribution is 2.27. The molecule has 0 spiro atoms. The number of sulfonamides is 1. The van der Waals surface area contributed by atoms with Gasteiger partial charge in [-0.3, -0.25) is 0 Å². The number of aryl methyl sites for hydroxylation is 1. The molecule has 1 atom stereocenters. The highest BCUT2D eigenvalue weighted by atomic mass is 32.2. The van der Waals surface area contributed by atoms with E-state index in [2.05, 4.69) is 4.72 Å². The first-order chi connectivity index (χ1) is 9.33. The molecule has 0 radical (unpaired) electrons. The summed E-state index contributed by atoms with van der Waals surface area (Å²) in [5, 5.41) is 11.0. The molecule has 1 aromatic heterocycles. The fraction of sp³-hybridized carbons (Fsp3) is 0.692. The van der Waals surface area contributed by atoms with Crippen LogP contribution in [0.4, 0.5) is 0 Å². The quantitative estimate of drug-likeness (QED) is 0.766. The number of nitrogens with one attached hydrogen (secondary N) is 1. The fourth-order valence-electron chi connectivity index (χ4n) is 1.82. The lowest BCUT2D eigenvalue weighted by molar-refractivity contribution is 0.116. The topological polar surface area (TPSA) is 75.6 Å². The Bertz CT molecular complexity index is 522. The van der Waals surface area contributed by atoms with E-state index in [1.54, 1.807) is 12.3 Å². The molecule has 116 valence electrons. The van der Waals surface area contributed by atoms with E-state index >= 15 is 0 Å². The van der Waals surface area contributed by atoms with Crippen LogP contribution in [0.5, 0.6) is 0 Å². The summed E-state index contributed by atoms with van der Waals surface area (Å²) >= 11 is 1.26. The summed E-state index contributed by atoms with van der Waals surface area (Å²) in [6.45, 7) is 8.11. The molecule has 2 N–H and O–H groups in total. The van der Waals surface area contributed by atoms with E-state index < -0.39 is 10.0 Å². The molecule has 0 saturated carbocycles. The van der Waals surface area contributed by atoms with Gasteiger partial charge in [0.05, 0.1) is 18.1 Å². The van der Waals surface area contributed by atoms with Crippen LogP contribution in [-0.2, 0) is 21.4 Å². The summed E-state index contributed by atoms with van der Waals surface area (Å²) in [5.41, 5.74) is 0.658. The lowest BCUT2D eigenvalue weighted by Gasteiger charge is -2.22. The van der Waals surface area contributed by atoms with Crippen molar-refractivity contribution in [3.8, 4) is 0 Å². The number of ether oxygens (including phenoxy) is 1. The van der Waals surface area contributed by atoms with Gasteiger partial charge in [-0.1, -0.05) is 13.8 Å². The van der Waals surface area contributed by atoms with Crippen LogP contribution in [0.2, 0.25) is 0 Å². The van der Waals surface area contributed by atoms with Crippen LogP contribution < -0.4 is 4.72 Å². The average Bonchev–Trinajstić information content (AvgIpc) is 2.76. The second kappa shape index (κ2) is 7.51. The van der Waals surface area contributed by atoms with Crippen molar-refractivity contribution in [2.24, 2.45) is 5.92 Å². The molecule has 0 aromatic carbocycles. The number of rotatable bonds is 8. The molecule has 0 bridgehead atoms.